The van der Waals surface area contributed by atoms with Crippen LogP contribution in [0.15, 0.2) is 35.2 Å². The van der Waals surface area contributed by atoms with E-state index in [1.165, 1.54) is 17.8 Å². The van der Waals surface area contributed by atoms with Crippen molar-refractivity contribution in [3.05, 3.63) is 47.9 Å². The van der Waals surface area contributed by atoms with E-state index in [0.29, 0.717) is 5.69 Å². The van der Waals surface area contributed by atoms with Crippen molar-refractivity contribution in [1.82, 2.24) is 4.98 Å². The molecule has 1 N–H and O–H groups in total. The molecule has 2 aromatic heterocycles. The van der Waals surface area contributed by atoms with Crippen molar-refractivity contribution in [2.75, 3.05) is 5.32 Å². The van der Waals surface area contributed by atoms with Gasteiger partial charge >= 0.3 is 0 Å². The van der Waals surface area contributed by atoms with Gasteiger partial charge in [-0.3, -0.25) is 4.98 Å². The van der Waals surface area contributed by atoms with Gasteiger partial charge in [0.05, 0.1) is 30.4 Å². The summed E-state index contributed by atoms with van der Waals surface area (Å²) in [5.74, 6) is 0.719. The third-order valence-corrected chi connectivity index (χ3v) is 3.10. The first-order valence-corrected chi connectivity index (χ1v) is 5.76. The molecular weight excluding hydrogens is 219 g/mol. The van der Waals surface area contributed by atoms with Gasteiger partial charge in [-0.2, -0.15) is 0 Å². The summed E-state index contributed by atoms with van der Waals surface area (Å²) >= 11 is 0. The number of hydrogen-bond acceptors (Lipinski definition) is 3. The Bertz CT molecular complexity index is 524. The molecule has 0 saturated heterocycles. The van der Waals surface area contributed by atoms with Crippen molar-refractivity contribution in [2.24, 2.45) is 0 Å². The molecule has 0 spiro atoms. The second kappa shape index (κ2) is 4.20. The van der Waals surface area contributed by atoms with Crippen LogP contribution in [-0.4, -0.2) is 4.98 Å². The first kappa shape index (κ1) is 10.3. The summed E-state index contributed by atoms with van der Waals surface area (Å²) in [5.41, 5.74) is 1.89. The Morgan fingerprint density at radius 2 is 2.35 bits per heavy atom. The molecule has 0 fully saturated rings. The van der Waals surface area contributed by atoms with Crippen LogP contribution in [0.25, 0.3) is 0 Å². The number of fused-ring (bicyclic) bond motifs is 1. The first-order chi connectivity index (χ1) is 8.33. The van der Waals surface area contributed by atoms with Crippen LogP contribution in [0.2, 0.25) is 0 Å². The normalized spacial score (nSPS) is 18.8. The smallest absolute Gasteiger partial charge is 0.143 e. The number of aromatic nitrogens is 1. The van der Waals surface area contributed by atoms with E-state index in [9.17, 15) is 4.39 Å². The summed E-state index contributed by atoms with van der Waals surface area (Å²) in [5, 5.41) is 3.30. The van der Waals surface area contributed by atoms with Gasteiger partial charge in [-0.15, -0.1) is 0 Å². The first-order valence-electron chi connectivity index (χ1n) is 5.76. The van der Waals surface area contributed by atoms with E-state index in [2.05, 4.69) is 10.3 Å². The minimum atomic E-state index is -0.321. The standard InChI is InChI=1S/C13H13FN2O/c14-9-6-10(8-15-7-9)16-12-2-1-3-13-11(12)4-5-17-13/h4-8,12,16H,1-3H2. The van der Waals surface area contributed by atoms with Crippen molar-refractivity contribution < 1.29 is 8.81 Å². The molecule has 1 aliphatic rings. The van der Waals surface area contributed by atoms with Gasteiger partial charge in [0.2, 0.25) is 0 Å². The number of anilines is 1. The number of pyridine rings is 1. The maximum Gasteiger partial charge on any atom is 0.143 e. The van der Waals surface area contributed by atoms with Crippen LogP contribution >= 0.6 is 0 Å². The number of aryl methyl sites for hydroxylation is 1. The van der Waals surface area contributed by atoms with Gasteiger partial charge in [-0.1, -0.05) is 0 Å². The SMILES string of the molecule is Fc1cncc(NC2CCCc3occc32)c1. The van der Waals surface area contributed by atoms with Crippen LogP contribution in [0.5, 0.6) is 0 Å². The van der Waals surface area contributed by atoms with Crippen LogP contribution in [0.1, 0.15) is 30.2 Å². The van der Waals surface area contributed by atoms with E-state index in [-0.39, 0.29) is 11.9 Å². The molecule has 0 radical (unpaired) electrons. The molecule has 4 heteroatoms. The molecule has 0 bridgehead atoms. The summed E-state index contributed by atoms with van der Waals surface area (Å²) in [6.07, 6.45) is 7.66. The highest BCUT2D eigenvalue weighted by atomic mass is 19.1. The third-order valence-electron chi connectivity index (χ3n) is 3.10. The average Bonchev–Trinajstić information content (AvgIpc) is 2.78. The number of nitrogens with zero attached hydrogens (tertiary/aromatic N) is 1. The van der Waals surface area contributed by atoms with Gasteiger partial charge < -0.3 is 9.73 Å². The molecule has 0 amide bonds. The summed E-state index contributed by atoms with van der Waals surface area (Å²) in [7, 11) is 0. The monoisotopic (exact) mass is 232 g/mol. The second-order valence-electron chi connectivity index (χ2n) is 4.28. The summed E-state index contributed by atoms with van der Waals surface area (Å²) in [6, 6.07) is 3.64. The Kier molecular flexibility index (Phi) is 2.55. The van der Waals surface area contributed by atoms with Crippen molar-refractivity contribution in [2.45, 2.75) is 25.3 Å². The minimum Gasteiger partial charge on any atom is -0.469 e. The number of furan rings is 1. The van der Waals surface area contributed by atoms with Crippen LogP contribution in [-0.2, 0) is 6.42 Å². The molecule has 1 unspecified atom stereocenters. The highest BCUT2D eigenvalue weighted by Crippen LogP contribution is 2.32. The van der Waals surface area contributed by atoms with Gasteiger partial charge in [-0.05, 0) is 18.9 Å². The topological polar surface area (TPSA) is 38.1 Å². The van der Waals surface area contributed by atoms with E-state index in [1.54, 1.807) is 12.5 Å². The zero-order chi connectivity index (χ0) is 11.7. The molecule has 88 valence electrons. The fourth-order valence-electron chi connectivity index (χ4n) is 2.33. The molecule has 3 rings (SSSR count). The van der Waals surface area contributed by atoms with E-state index in [1.807, 2.05) is 6.07 Å². The lowest BCUT2D eigenvalue weighted by Crippen LogP contribution is -2.16. The maximum absolute atomic E-state index is 13.0. The van der Waals surface area contributed by atoms with Crippen LogP contribution in [0.3, 0.4) is 0 Å². The minimum absolute atomic E-state index is 0.195. The Hall–Kier alpha value is -1.84. The number of nitrogens with one attached hydrogen (secondary N) is 1. The maximum atomic E-state index is 13.0. The Morgan fingerprint density at radius 3 is 3.24 bits per heavy atom. The molecule has 0 saturated carbocycles. The average molecular weight is 232 g/mol. The fourth-order valence-corrected chi connectivity index (χ4v) is 2.33. The molecule has 0 aliphatic heterocycles. The molecule has 3 nitrogen and oxygen atoms in total. The molecule has 17 heavy (non-hydrogen) atoms. The van der Waals surface area contributed by atoms with Crippen molar-refractivity contribution in [3.63, 3.8) is 0 Å². The lowest BCUT2D eigenvalue weighted by atomic mass is 9.93. The summed E-state index contributed by atoms with van der Waals surface area (Å²) < 4.78 is 18.5. The van der Waals surface area contributed by atoms with E-state index in [4.69, 9.17) is 4.42 Å². The third kappa shape index (κ3) is 2.02. The van der Waals surface area contributed by atoms with Crippen molar-refractivity contribution >= 4 is 5.69 Å². The number of halogens is 1. The second-order valence-corrected chi connectivity index (χ2v) is 4.28. The molecule has 2 aromatic rings. The summed E-state index contributed by atoms with van der Waals surface area (Å²) in [6.45, 7) is 0. The fraction of sp³-hybridized carbons (Fsp3) is 0.308. The molecular formula is C13H13FN2O. The molecule has 0 aromatic carbocycles. The number of hydrogen-bond donors (Lipinski definition) is 1. The zero-order valence-corrected chi connectivity index (χ0v) is 9.32. The van der Waals surface area contributed by atoms with Crippen LogP contribution in [0.4, 0.5) is 10.1 Å². The predicted molar refractivity (Wildman–Crippen MR) is 62.2 cm³/mol. The highest BCUT2D eigenvalue weighted by Gasteiger charge is 2.22. The Balaban J connectivity index is 1.84. The van der Waals surface area contributed by atoms with Gasteiger partial charge in [0.25, 0.3) is 0 Å². The van der Waals surface area contributed by atoms with E-state index >= 15 is 0 Å². The van der Waals surface area contributed by atoms with Crippen LogP contribution < -0.4 is 5.32 Å². The zero-order valence-electron chi connectivity index (χ0n) is 9.32. The van der Waals surface area contributed by atoms with Gasteiger partial charge in [-0.25, -0.2) is 4.39 Å². The quantitative estimate of drug-likeness (QED) is 0.863. The highest BCUT2D eigenvalue weighted by molar-refractivity contribution is 5.44. The molecule has 2 heterocycles. The van der Waals surface area contributed by atoms with Gasteiger partial charge in [0.1, 0.15) is 11.6 Å². The summed E-state index contributed by atoms with van der Waals surface area (Å²) in [4.78, 5) is 3.83. The predicted octanol–water partition coefficient (Wildman–Crippen LogP) is 3.30. The van der Waals surface area contributed by atoms with Crippen molar-refractivity contribution in [3.8, 4) is 0 Å². The van der Waals surface area contributed by atoms with E-state index in [0.717, 1.165) is 25.0 Å². The number of rotatable bonds is 2. The molecule has 1 aliphatic carbocycles. The van der Waals surface area contributed by atoms with Crippen LogP contribution in [0, 0.1) is 5.82 Å². The van der Waals surface area contributed by atoms with Crippen molar-refractivity contribution in [1.29, 1.82) is 0 Å². The lowest BCUT2D eigenvalue weighted by Gasteiger charge is -2.23. The largest absolute Gasteiger partial charge is 0.469 e. The van der Waals surface area contributed by atoms with Gasteiger partial charge in [0.15, 0.2) is 0 Å². The lowest BCUT2D eigenvalue weighted by molar-refractivity contribution is 0.461. The van der Waals surface area contributed by atoms with Gasteiger partial charge in [0, 0.05) is 18.1 Å². The Morgan fingerprint density at radius 1 is 1.41 bits per heavy atom. The van der Waals surface area contributed by atoms with E-state index < -0.39 is 0 Å². The molecule has 1 atom stereocenters. The Labute approximate surface area is 98.7 Å².